The number of pyridine rings is 1. The Kier molecular flexibility index (Phi) is 4.49. The van der Waals surface area contributed by atoms with Crippen LogP contribution in [0.3, 0.4) is 0 Å². The van der Waals surface area contributed by atoms with Crippen LogP contribution in [0.2, 0.25) is 0 Å². The summed E-state index contributed by atoms with van der Waals surface area (Å²) < 4.78 is 5.56. The van der Waals surface area contributed by atoms with Gasteiger partial charge in [-0.1, -0.05) is 0 Å². The van der Waals surface area contributed by atoms with E-state index in [9.17, 15) is 0 Å². The molecular formula is C13H17N5O. The molecule has 100 valence electrons. The third-order valence-corrected chi connectivity index (χ3v) is 2.59. The van der Waals surface area contributed by atoms with E-state index in [0.29, 0.717) is 18.3 Å². The van der Waals surface area contributed by atoms with Crippen molar-refractivity contribution in [3.8, 4) is 5.88 Å². The van der Waals surface area contributed by atoms with Crippen LogP contribution >= 0.6 is 0 Å². The number of nitrogens with one attached hydrogen (secondary N) is 1. The number of aryl methyl sites for hydroxylation is 1. The standard InChI is InChI=1S/C13H17N5O/c1-15-11-9-12(18-13(14)17-11)19-8-2-3-10-4-6-16-7-5-10/h4-7,9H,2-3,8H2,1H3,(H3,14,15,17,18). The molecule has 0 amide bonds. The van der Waals surface area contributed by atoms with Crippen molar-refractivity contribution < 1.29 is 4.74 Å². The van der Waals surface area contributed by atoms with Gasteiger partial charge in [0.1, 0.15) is 5.82 Å². The molecule has 2 aromatic heterocycles. The van der Waals surface area contributed by atoms with E-state index in [1.807, 2.05) is 12.1 Å². The van der Waals surface area contributed by atoms with Gasteiger partial charge in [0.15, 0.2) is 0 Å². The highest BCUT2D eigenvalue weighted by Crippen LogP contribution is 2.14. The Morgan fingerprint density at radius 2 is 2.05 bits per heavy atom. The maximum atomic E-state index is 5.58. The molecule has 0 fully saturated rings. The topological polar surface area (TPSA) is 86.0 Å². The molecule has 0 aliphatic rings. The molecule has 0 saturated heterocycles. The van der Waals surface area contributed by atoms with Crippen LogP contribution in [0, 0.1) is 0 Å². The molecule has 0 aliphatic carbocycles. The Morgan fingerprint density at radius 1 is 1.26 bits per heavy atom. The van der Waals surface area contributed by atoms with E-state index in [4.69, 9.17) is 10.5 Å². The van der Waals surface area contributed by atoms with Crippen LogP contribution in [0.1, 0.15) is 12.0 Å². The average molecular weight is 259 g/mol. The van der Waals surface area contributed by atoms with Gasteiger partial charge in [-0.25, -0.2) is 0 Å². The number of nitrogens with zero attached hydrogens (tertiary/aromatic N) is 3. The molecule has 6 heteroatoms. The fraction of sp³-hybridized carbons (Fsp3) is 0.308. The van der Waals surface area contributed by atoms with E-state index in [-0.39, 0.29) is 5.95 Å². The Hall–Kier alpha value is -2.37. The number of nitrogens with two attached hydrogens (primary N) is 1. The largest absolute Gasteiger partial charge is 0.477 e. The lowest BCUT2D eigenvalue weighted by Crippen LogP contribution is -2.05. The molecule has 0 spiro atoms. The molecule has 6 nitrogen and oxygen atoms in total. The van der Waals surface area contributed by atoms with Crippen molar-refractivity contribution in [1.29, 1.82) is 0 Å². The molecule has 0 saturated carbocycles. The minimum absolute atomic E-state index is 0.205. The summed E-state index contributed by atoms with van der Waals surface area (Å²) in [6.45, 7) is 0.585. The summed E-state index contributed by atoms with van der Waals surface area (Å²) in [6, 6.07) is 5.73. The van der Waals surface area contributed by atoms with Gasteiger partial charge in [0, 0.05) is 25.5 Å². The van der Waals surface area contributed by atoms with Crippen molar-refractivity contribution >= 4 is 11.8 Å². The molecule has 2 heterocycles. The number of hydrogen-bond acceptors (Lipinski definition) is 6. The zero-order chi connectivity index (χ0) is 13.5. The minimum Gasteiger partial charge on any atom is -0.477 e. The lowest BCUT2D eigenvalue weighted by Gasteiger charge is -2.07. The Bertz CT molecular complexity index is 518. The summed E-state index contributed by atoms with van der Waals surface area (Å²) in [5.41, 5.74) is 6.83. The van der Waals surface area contributed by atoms with Gasteiger partial charge in [0.2, 0.25) is 11.8 Å². The number of ether oxygens (including phenoxy) is 1. The van der Waals surface area contributed by atoms with E-state index in [0.717, 1.165) is 12.8 Å². The van der Waals surface area contributed by atoms with E-state index in [1.165, 1.54) is 5.56 Å². The van der Waals surface area contributed by atoms with Crippen molar-refractivity contribution in [2.45, 2.75) is 12.8 Å². The molecule has 19 heavy (non-hydrogen) atoms. The molecule has 0 aromatic carbocycles. The van der Waals surface area contributed by atoms with E-state index in [2.05, 4.69) is 20.3 Å². The molecular weight excluding hydrogens is 242 g/mol. The van der Waals surface area contributed by atoms with Gasteiger partial charge in [-0.15, -0.1) is 0 Å². The Morgan fingerprint density at radius 3 is 2.79 bits per heavy atom. The number of hydrogen-bond donors (Lipinski definition) is 2. The summed E-state index contributed by atoms with van der Waals surface area (Å²) in [4.78, 5) is 12.0. The smallest absolute Gasteiger partial charge is 0.225 e. The highest BCUT2D eigenvalue weighted by atomic mass is 16.5. The maximum Gasteiger partial charge on any atom is 0.225 e. The van der Waals surface area contributed by atoms with Gasteiger partial charge in [-0.2, -0.15) is 9.97 Å². The molecule has 2 rings (SSSR count). The molecule has 0 atom stereocenters. The molecule has 2 aromatic rings. The lowest BCUT2D eigenvalue weighted by atomic mass is 10.1. The maximum absolute atomic E-state index is 5.58. The Labute approximate surface area is 112 Å². The van der Waals surface area contributed by atoms with Crippen molar-refractivity contribution in [3.63, 3.8) is 0 Å². The summed E-state index contributed by atoms with van der Waals surface area (Å²) in [5.74, 6) is 1.35. The van der Waals surface area contributed by atoms with Crippen molar-refractivity contribution in [1.82, 2.24) is 15.0 Å². The van der Waals surface area contributed by atoms with Gasteiger partial charge < -0.3 is 15.8 Å². The molecule has 3 N–H and O–H groups in total. The van der Waals surface area contributed by atoms with Gasteiger partial charge >= 0.3 is 0 Å². The number of nitrogen functional groups attached to an aromatic ring is 1. The molecule has 0 aliphatic heterocycles. The van der Waals surface area contributed by atoms with Crippen molar-refractivity contribution in [3.05, 3.63) is 36.2 Å². The summed E-state index contributed by atoms with van der Waals surface area (Å²) >= 11 is 0. The molecule has 0 radical (unpaired) electrons. The van der Waals surface area contributed by atoms with E-state index >= 15 is 0 Å². The van der Waals surface area contributed by atoms with Crippen LogP contribution in [-0.4, -0.2) is 28.6 Å². The predicted molar refractivity (Wildman–Crippen MR) is 74.0 cm³/mol. The van der Waals surface area contributed by atoms with Crippen LogP contribution in [-0.2, 0) is 6.42 Å². The highest BCUT2D eigenvalue weighted by molar-refractivity contribution is 5.42. The van der Waals surface area contributed by atoms with Crippen LogP contribution < -0.4 is 15.8 Å². The first-order valence-electron chi connectivity index (χ1n) is 6.12. The van der Waals surface area contributed by atoms with Gasteiger partial charge in [0.25, 0.3) is 0 Å². The van der Waals surface area contributed by atoms with Crippen LogP contribution in [0.15, 0.2) is 30.6 Å². The molecule has 0 unspecified atom stereocenters. The quantitative estimate of drug-likeness (QED) is 0.765. The third kappa shape index (κ3) is 4.09. The second kappa shape index (κ2) is 6.53. The van der Waals surface area contributed by atoms with Gasteiger partial charge in [-0.3, -0.25) is 4.98 Å². The average Bonchev–Trinajstić information content (AvgIpc) is 2.44. The normalized spacial score (nSPS) is 10.2. The first kappa shape index (κ1) is 13.1. The van der Waals surface area contributed by atoms with Gasteiger partial charge in [0.05, 0.1) is 6.61 Å². The first-order chi connectivity index (χ1) is 9.28. The Balaban J connectivity index is 1.81. The summed E-state index contributed by atoms with van der Waals surface area (Å²) in [5, 5.41) is 2.91. The van der Waals surface area contributed by atoms with Crippen LogP contribution in [0.5, 0.6) is 5.88 Å². The zero-order valence-corrected chi connectivity index (χ0v) is 10.8. The zero-order valence-electron chi connectivity index (χ0n) is 10.8. The fourth-order valence-electron chi connectivity index (χ4n) is 1.65. The predicted octanol–water partition coefficient (Wildman–Crippen LogP) is 1.51. The van der Waals surface area contributed by atoms with E-state index in [1.54, 1.807) is 25.5 Å². The van der Waals surface area contributed by atoms with Gasteiger partial charge in [-0.05, 0) is 30.5 Å². The van der Waals surface area contributed by atoms with E-state index < -0.39 is 0 Å². The second-order valence-corrected chi connectivity index (χ2v) is 4.01. The van der Waals surface area contributed by atoms with Crippen molar-refractivity contribution in [2.75, 3.05) is 24.7 Å². The monoisotopic (exact) mass is 259 g/mol. The second-order valence-electron chi connectivity index (χ2n) is 4.01. The van der Waals surface area contributed by atoms with Crippen LogP contribution in [0.25, 0.3) is 0 Å². The first-order valence-corrected chi connectivity index (χ1v) is 6.12. The minimum atomic E-state index is 0.205. The number of rotatable bonds is 6. The number of aromatic nitrogens is 3. The lowest BCUT2D eigenvalue weighted by molar-refractivity contribution is 0.299. The summed E-state index contributed by atoms with van der Waals surface area (Å²) in [7, 11) is 1.77. The highest BCUT2D eigenvalue weighted by Gasteiger charge is 2.02. The molecule has 0 bridgehead atoms. The summed E-state index contributed by atoms with van der Waals surface area (Å²) in [6.07, 6.45) is 5.44. The third-order valence-electron chi connectivity index (χ3n) is 2.59. The van der Waals surface area contributed by atoms with Crippen LogP contribution in [0.4, 0.5) is 11.8 Å². The number of anilines is 2. The van der Waals surface area contributed by atoms with Crippen molar-refractivity contribution in [2.24, 2.45) is 0 Å². The fourth-order valence-corrected chi connectivity index (χ4v) is 1.65. The SMILES string of the molecule is CNc1cc(OCCCc2ccncc2)nc(N)n1.